The molecule has 0 aromatic carbocycles. The number of halogens is 2. The predicted octanol–water partition coefficient (Wildman–Crippen LogP) is 1.14. The SMILES string of the molecule is CCc1cnc(CNC(=O)C(CN)OC)s1.Cl.Cl. The fourth-order valence-corrected chi connectivity index (χ4v) is 1.98. The highest BCUT2D eigenvalue weighted by atomic mass is 35.5. The minimum absolute atomic E-state index is 0. The molecule has 0 aliphatic heterocycles. The molecule has 0 aliphatic carbocycles. The van der Waals surface area contributed by atoms with Crippen molar-refractivity contribution in [2.24, 2.45) is 5.73 Å². The van der Waals surface area contributed by atoms with Gasteiger partial charge in [0.25, 0.3) is 5.91 Å². The van der Waals surface area contributed by atoms with Crippen molar-refractivity contribution in [1.29, 1.82) is 0 Å². The van der Waals surface area contributed by atoms with Crippen LogP contribution in [0.5, 0.6) is 0 Å². The number of aryl methyl sites for hydroxylation is 1. The topological polar surface area (TPSA) is 77.2 Å². The van der Waals surface area contributed by atoms with Gasteiger partial charge in [-0.2, -0.15) is 0 Å². The Hall–Kier alpha value is -0.400. The van der Waals surface area contributed by atoms with Crippen LogP contribution >= 0.6 is 36.2 Å². The molecule has 1 unspecified atom stereocenters. The van der Waals surface area contributed by atoms with Gasteiger partial charge < -0.3 is 15.8 Å². The Morgan fingerprint density at radius 1 is 1.61 bits per heavy atom. The number of rotatable bonds is 6. The van der Waals surface area contributed by atoms with Crippen molar-refractivity contribution in [2.45, 2.75) is 26.0 Å². The highest BCUT2D eigenvalue weighted by Crippen LogP contribution is 2.12. The van der Waals surface area contributed by atoms with Crippen molar-refractivity contribution >= 4 is 42.1 Å². The van der Waals surface area contributed by atoms with E-state index in [4.69, 9.17) is 10.5 Å². The first-order chi connectivity index (χ1) is 7.71. The van der Waals surface area contributed by atoms with Gasteiger partial charge in [0.1, 0.15) is 11.1 Å². The lowest BCUT2D eigenvalue weighted by Gasteiger charge is -2.11. The summed E-state index contributed by atoms with van der Waals surface area (Å²) in [6, 6.07) is 0. The summed E-state index contributed by atoms with van der Waals surface area (Å²) in [4.78, 5) is 16.9. The van der Waals surface area contributed by atoms with Gasteiger partial charge in [-0.15, -0.1) is 36.2 Å². The maximum absolute atomic E-state index is 11.5. The van der Waals surface area contributed by atoms with Crippen LogP contribution in [0.15, 0.2) is 6.20 Å². The number of ether oxygens (including phenoxy) is 1. The second-order valence-electron chi connectivity index (χ2n) is 3.25. The zero-order chi connectivity index (χ0) is 12.0. The van der Waals surface area contributed by atoms with Gasteiger partial charge in [0.05, 0.1) is 6.54 Å². The zero-order valence-corrected chi connectivity index (χ0v) is 12.8. The number of nitrogens with two attached hydrogens (primary N) is 1. The highest BCUT2D eigenvalue weighted by molar-refractivity contribution is 7.11. The minimum Gasteiger partial charge on any atom is -0.370 e. The second kappa shape index (κ2) is 10.5. The molecule has 5 nitrogen and oxygen atoms in total. The number of amides is 1. The van der Waals surface area contributed by atoms with E-state index >= 15 is 0 Å². The second-order valence-corrected chi connectivity index (χ2v) is 4.45. The summed E-state index contributed by atoms with van der Waals surface area (Å²) in [6.45, 7) is 2.69. The molecule has 8 heteroatoms. The van der Waals surface area contributed by atoms with E-state index in [9.17, 15) is 4.79 Å². The first kappa shape index (κ1) is 19.9. The van der Waals surface area contributed by atoms with Gasteiger partial charge in [0, 0.05) is 24.7 Å². The van der Waals surface area contributed by atoms with Crippen molar-refractivity contribution in [3.63, 3.8) is 0 Å². The molecule has 3 N–H and O–H groups in total. The van der Waals surface area contributed by atoms with E-state index in [0.717, 1.165) is 11.4 Å². The quantitative estimate of drug-likeness (QED) is 0.825. The Bertz CT molecular complexity index is 346. The number of nitrogens with one attached hydrogen (secondary N) is 1. The normalized spacial score (nSPS) is 11.1. The molecule has 0 fully saturated rings. The van der Waals surface area contributed by atoms with E-state index in [2.05, 4.69) is 17.2 Å². The van der Waals surface area contributed by atoms with Gasteiger partial charge in [0.15, 0.2) is 0 Å². The molecule has 0 bridgehead atoms. The Morgan fingerprint density at radius 3 is 2.72 bits per heavy atom. The summed E-state index contributed by atoms with van der Waals surface area (Å²) in [7, 11) is 1.47. The van der Waals surface area contributed by atoms with Crippen LogP contribution in [0.25, 0.3) is 0 Å². The third-order valence-corrected chi connectivity index (χ3v) is 3.30. The van der Waals surface area contributed by atoms with E-state index in [-0.39, 0.29) is 37.3 Å². The summed E-state index contributed by atoms with van der Waals surface area (Å²) < 4.78 is 4.92. The van der Waals surface area contributed by atoms with E-state index in [0.29, 0.717) is 6.54 Å². The van der Waals surface area contributed by atoms with Gasteiger partial charge in [-0.1, -0.05) is 6.92 Å². The lowest BCUT2D eigenvalue weighted by Crippen LogP contribution is -2.40. The summed E-state index contributed by atoms with van der Waals surface area (Å²) in [5, 5.41) is 3.64. The lowest BCUT2D eigenvalue weighted by atomic mass is 10.3. The largest absolute Gasteiger partial charge is 0.370 e. The van der Waals surface area contributed by atoms with Gasteiger partial charge in [-0.3, -0.25) is 4.79 Å². The van der Waals surface area contributed by atoms with Gasteiger partial charge in [-0.05, 0) is 6.42 Å². The van der Waals surface area contributed by atoms with E-state index < -0.39 is 6.10 Å². The maximum Gasteiger partial charge on any atom is 0.250 e. The van der Waals surface area contributed by atoms with E-state index in [1.807, 2.05) is 6.20 Å². The Balaban J connectivity index is 0. The molecule has 0 aliphatic rings. The van der Waals surface area contributed by atoms with Crippen LogP contribution in [-0.4, -0.2) is 30.6 Å². The van der Waals surface area contributed by atoms with E-state index in [1.54, 1.807) is 11.3 Å². The number of carbonyl (C=O) groups excluding carboxylic acids is 1. The van der Waals surface area contributed by atoms with Crippen LogP contribution in [0.3, 0.4) is 0 Å². The smallest absolute Gasteiger partial charge is 0.250 e. The molecule has 1 aromatic heterocycles. The van der Waals surface area contributed by atoms with Crippen LogP contribution in [-0.2, 0) is 22.5 Å². The standard InChI is InChI=1S/C10H17N3O2S.2ClH/c1-3-7-5-12-9(16-7)6-13-10(14)8(4-11)15-2;;/h5,8H,3-4,6,11H2,1-2H3,(H,13,14);2*1H. The van der Waals surface area contributed by atoms with Crippen LogP contribution in [0, 0.1) is 0 Å². The minimum atomic E-state index is -0.578. The molecule has 1 rings (SSSR count). The number of methoxy groups -OCH3 is 1. The molecule has 0 saturated carbocycles. The molecule has 1 heterocycles. The van der Waals surface area contributed by atoms with Crippen LogP contribution in [0.2, 0.25) is 0 Å². The van der Waals surface area contributed by atoms with Crippen LogP contribution in [0.1, 0.15) is 16.8 Å². The number of carbonyl (C=O) groups is 1. The molecule has 106 valence electrons. The van der Waals surface area contributed by atoms with Crippen molar-refractivity contribution in [1.82, 2.24) is 10.3 Å². The number of thiazole rings is 1. The molecule has 1 aromatic rings. The molecule has 1 amide bonds. The van der Waals surface area contributed by atoms with Gasteiger partial charge in [0.2, 0.25) is 0 Å². The first-order valence-corrected chi connectivity index (χ1v) is 5.97. The monoisotopic (exact) mass is 315 g/mol. The predicted molar refractivity (Wildman–Crippen MR) is 77.7 cm³/mol. The first-order valence-electron chi connectivity index (χ1n) is 5.15. The average molecular weight is 316 g/mol. The van der Waals surface area contributed by atoms with Crippen LogP contribution < -0.4 is 11.1 Å². The summed E-state index contributed by atoms with van der Waals surface area (Å²) in [6.07, 6.45) is 2.23. The molecule has 0 spiro atoms. The lowest BCUT2D eigenvalue weighted by molar-refractivity contribution is -0.130. The van der Waals surface area contributed by atoms with Crippen molar-refractivity contribution in [2.75, 3.05) is 13.7 Å². The van der Waals surface area contributed by atoms with Crippen LogP contribution in [0.4, 0.5) is 0 Å². The Kier molecular flexibility index (Phi) is 11.6. The molecule has 0 radical (unpaired) electrons. The Labute approximate surface area is 123 Å². The summed E-state index contributed by atoms with van der Waals surface area (Å²) in [5.74, 6) is -0.196. The van der Waals surface area contributed by atoms with Crippen molar-refractivity contribution in [3.8, 4) is 0 Å². The fraction of sp³-hybridized carbons (Fsp3) is 0.600. The zero-order valence-electron chi connectivity index (χ0n) is 10.3. The van der Waals surface area contributed by atoms with Gasteiger partial charge in [-0.25, -0.2) is 4.98 Å². The number of hydrogen-bond acceptors (Lipinski definition) is 5. The van der Waals surface area contributed by atoms with Crippen molar-refractivity contribution in [3.05, 3.63) is 16.1 Å². The van der Waals surface area contributed by atoms with Gasteiger partial charge >= 0.3 is 0 Å². The average Bonchev–Trinajstić information content (AvgIpc) is 2.76. The fourth-order valence-electron chi connectivity index (χ4n) is 1.18. The molecular formula is C10H19Cl2N3O2S. The molecule has 18 heavy (non-hydrogen) atoms. The molecule has 1 atom stereocenters. The summed E-state index contributed by atoms with van der Waals surface area (Å²) >= 11 is 1.60. The third-order valence-electron chi connectivity index (χ3n) is 2.15. The van der Waals surface area contributed by atoms with E-state index in [1.165, 1.54) is 12.0 Å². The number of hydrogen-bond donors (Lipinski definition) is 2. The molecule has 0 saturated heterocycles. The number of nitrogens with zero attached hydrogens (tertiary/aromatic N) is 1. The van der Waals surface area contributed by atoms with Crippen molar-refractivity contribution < 1.29 is 9.53 Å². The number of aromatic nitrogens is 1. The summed E-state index contributed by atoms with van der Waals surface area (Å²) in [5.41, 5.74) is 5.38. The third kappa shape index (κ3) is 5.97. The Morgan fingerprint density at radius 2 is 2.28 bits per heavy atom. The molecular weight excluding hydrogens is 297 g/mol. The highest BCUT2D eigenvalue weighted by Gasteiger charge is 2.15. The maximum atomic E-state index is 11.5.